The van der Waals surface area contributed by atoms with E-state index in [0.717, 1.165) is 77.0 Å². The lowest BCUT2D eigenvalue weighted by Crippen LogP contribution is -2.58. The number of aliphatic carboxylic acids is 1. The molecule has 12 heteroatoms. The number of hydrogen-bond donors (Lipinski definition) is 5. The average molecular weight is 784 g/mol. The van der Waals surface area contributed by atoms with Gasteiger partial charge in [-0.25, -0.2) is 4.57 Å². The van der Waals surface area contributed by atoms with Crippen molar-refractivity contribution in [2.45, 2.75) is 186 Å². The Morgan fingerprint density at radius 2 is 1.02 bits per heavy atom. The van der Waals surface area contributed by atoms with Gasteiger partial charge < -0.3 is 25.9 Å². The number of nitrogens with two attached hydrogens (primary N) is 1. The summed E-state index contributed by atoms with van der Waals surface area (Å²) < 4.78 is 22.9. The van der Waals surface area contributed by atoms with Crippen molar-refractivity contribution in [3.8, 4) is 0 Å². The number of allylic oxidation sites excluding steroid dienone is 8. The molecule has 54 heavy (non-hydrogen) atoms. The number of carboxylic acids is 1. The Morgan fingerprint density at radius 3 is 1.39 bits per heavy atom. The molecule has 0 saturated heterocycles. The summed E-state index contributed by atoms with van der Waals surface area (Å²) in [6, 6.07) is -1.68. The largest absolute Gasteiger partial charge is 0.480 e. The van der Waals surface area contributed by atoms with Gasteiger partial charge in [-0.15, -0.1) is 0 Å². The van der Waals surface area contributed by atoms with Gasteiger partial charge in [-0.2, -0.15) is 0 Å². The number of carbonyl (C=O) groups excluding carboxylic acids is 2. The van der Waals surface area contributed by atoms with Crippen LogP contribution in [0.5, 0.6) is 0 Å². The fourth-order valence-electron chi connectivity index (χ4n) is 5.84. The predicted molar refractivity (Wildman–Crippen MR) is 217 cm³/mol. The molecule has 3 atom stereocenters. The van der Waals surface area contributed by atoms with E-state index >= 15 is 0 Å². The Labute approximate surface area is 326 Å². The van der Waals surface area contributed by atoms with Crippen molar-refractivity contribution in [2.24, 2.45) is 5.73 Å². The van der Waals surface area contributed by atoms with Gasteiger partial charge in [0.1, 0.15) is 12.1 Å². The molecule has 11 nitrogen and oxygen atoms in total. The topological polar surface area (TPSA) is 194 Å². The third kappa shape index (κ3) is 25.8. The molecule has 0 aromatic heterocycles. The first-order valence-electron chi connectivity index (χ1n) is 20.6. The van der Waals surface area contributed by atoms with Crippen molar-refractivity contribution < 1.29 is 48.2 Å². The lowest BCUT2D eigenvalue weighted by Gasteiger charge is -2.35. The van der Waals surface area contributed by atoms with Gasteiger partial charge in [0.2, 0.25) is 5.60 Å². The summed E-state index contributed by atoms with van der Waals surface area (Å²) >= 11 is 0. The number of hydrogen-bond acceptors (Lipinski definition) is 9. The number of carboxylic acid groups (broad SMARTS) is 1. The number of Topliss-reactive ketones (excluding diaryl/α,β-unsaturated/α-hetero) is 2. The van der Waals surface area contributed by atoms with Crippen LogP contribution in [0.25, 0.3) is 0 Å². The highest BCUT2D eigenvalue weighted by molar-refractivity contribution is 7.47. The molecule has 0 aromatic carbocycles. The van der Waals surface area contributed by atoms with E-state index < -0.39 is 56.3 Å². The van der Waals surface area contributed by atoms with Crippen molar-refractivity contribution in [1.82, 2.24) is 0 Å². The van der Waals surface area contributed by atoms with E-state index in [-0.39, 0.29) is 12.8 Å². The van der Waals surface area contributed by atoms with Crippen molar-refractivity contribution in [3.05, 3.63) is 48.6 Å². The molecule has 0 saturated carbocycles. The first kappa shape index (κ1) is 51.8. The lowest BCUT2D eigenvalue weighted by atomic mass is 9.82. The van der Waals surface area contributed by atoms with Crippen LogP contribution in [0.3, 0.4) is 0 Å². The highest BCUT2D eigenvalue weighted by Gasteiger charge is 2.55. The summed E-state index contributed by atoms with van der Waals surface area (Å²) in [5.74, 6) is -3.39. The average Bonchev–Trinajstić information content (AvgIpc) is 3.15. The number of phosphoric ester groups is 1. The van der Waals surface area contributed by atoms with Gasteiger partial charge in [0.05, 0.1) is 13.2 Å². The van der Waals surface area contributed by atoms with Gasteiger partial charge >= 0.3 is 13.8 Å². The van der Waals surface area contributed by atoms with E-state index in [1.165, 1.54) is 38.5 Å². The lowest BCUT2D eigenvalue weighted by molar-refractivity contribution is -0.165. The Balaban J connectivity index is 5.12. The molecule has 0 fully saturated rings. The molecule has 0 amide bonds. The summed E-state index contributed by atoms with van der Waals surface area (Å²) in [7, 11) is -5.31. The van der Waals surface area contributed by atoms with Crippen molar-refractivity contribution in [1.29, 1.82) is 0 Å². The molecular weight excluding hydrogens is 709 g/mol. The summed E-state index contributed by atoms with van der Waals surface area (Å²) in [6.07, 6.45) is 35.7. The first-order valence-corrected chi connectivity index (χ1v) is 22.1. The maximum atomic E-state index is 13.7. The Hall–Kier alpha value is -2.24. The van der Waals surface area contributed by atoms with Gasteiger partial charge in [0.25, 0.3) is 0 Å². The van der Waals surface area contributed by atoms with Gasteiger partial charge in [-0.3, -0.25) is 23.4 Å². The van der Waals surface area contributed by atoms with Crippen LogP contribution in [0, 0.1) is 0 Å². The van der Waals surface area contributed by atoms with Crippen LogP contribution >= 0.6 is 7.82 Å². The smallest absolute Gasteiger partial charge is 0.473 e. The predicted octanol–water partition coefficient (Wildman–Crippen LogP) is 9.39. The second-order valence-electron chi connectivity index (χ2n) is 14.0. The second kappa shape index (κ2) is 34.0. The highest BCUT2D eigenvalue weighted by Crippen LogP contribution is 2.49. The van der Waals surface area contributed by atoms with Crippen molar-refractivity contribution >= 4 is 25.4 Å². The fraction of sp³-hybridized carbons (Fsp3) is 0.738. The molecule has 0 aliphatic rings. The van der Waals surface area contributed by atoms with E-state index in [9.17, 15) is 34.1 Å². The van der Waals surface area contributed by atoms with E-state index in [1.807, 2.05) is 0 Å². The fourth-order valence-corrected chi connectivity index (χ4v) is 6.93. The summed E-state index contributed by atoms with van der Waals surface area (Å²) in [5, 5.41) is 29.8. The molecule has 6 N–H and O–H groups in total. The van der Waals surface area contributed by atoms with Crippen LogP contribution in [0.1, 0.15) is 168 Å². The van der Waals surface area contributed by atoms with E-state index in [1.54, 1.807) is 0 Å². The van der Waals surface area contributed by atoms with Crippen LogP contribution in [-0.2, 0) is 28.0 Å². The Kier molecular flexibility index (Phi) is 32.6. The van der Waals surface area contributed by atoms with Crippen LogP contribution in [-0.4, -0.2) is 68.7 Å². The third-order valence-corrected chi connectivity index (χ3v) is 10.2. The molecular formula is C42H74NO10P. The minimum atomic E-state index is -5.31. The zero-order valence-corrected chi connectivity index (χ0v) is 34.3. The normalized spacial score (nSPS) is 14.8. The molecule has 0 heterocycles. The molecule has 0 aliphatic carbocycles. The van der Waals surface area contributed by atoms with E-state index in [4.69, 9.17) is 19.9 Å². The van der Waals surface area contributed by atoms with Crippen LogP contribution in [0.4, 0.5) is 0 Å². The number of aliphatic hydroxyl groups is 2. The molecule has 0 bridgehead atoms. The Morgan fingerprint density at radius 1 is 0.648 bits per heavy atom. The molecule has 312 valence electrons. The Bertz CT molecular complexity index is 1090. The quantitative estimate of drug-likeness (QED) is 0.0173. The van der Waals surface area contributed by atoms with Crippen molar-refractivity contribution in [3.63, 3.8) is 0 Å². The number of phosphoric acid groups is 1. The molecule has 0 rings (SSSR count). The number of carbonyl (C=O) groups is 3. The SMILES string of the molecule is CCCCC/C=C\C/C=C\CCCCCCCC(=O)C(OP(=O)(O)OC[C@H](N)C(=O)O)(C(=O)CCCCCCC/C=C\C/C=C\CCCCC)[C@@H](O)CO. The molecule has 0 aliphatic heterocycles. The maximum absolute atomic E-state index is 13.7. The standard InChI is InChI=1S/C42H74NO10P/c1-3-5-7-9-11-13-15-17-19-21-23-25-27-29-31-33-38(45)42(40(47)35-44,53-54(50,51)52-36-37(43)41(48)49)39(46)34-32-30-28-26-24-22-20-18-16-14-12-10-8-6-4-2/h11-14,17-20,37,40,44,47H,3-10,15-16,21-36,43H2,1-2H3,(H,48,49)(H,50,51)/b13-11-,14-12-,19-17-,20-18-/t37-,40-/m0/s1. The zero-order chi connectivity index (χ0) is 40.3. The minimum absolute atomic E-state index is 0.246. The van der Waals surface area contributed by atoms with Gasteiger partial charge in [-0.05, 0) is 77.0 Å². The number of unbranched alkanes of at least 4 members (excludes halogenated alkanes) is 16. The maximum Gasteiger partial charge on any atom is 0.473 e. The summed E-state index contributed by atoms with van der Waals surface area (Å²) in [4.78, 5) is 48.9. The van der Waals surface area contributed by atoms with Crippen molar-refractivity contribution in [2.75, 3.05) is 13.2 Å². The van der Waals surface area contributed by atoms with E-state index in [2.05, 4.69) is 62.5 Å². The molecule has 0 aromatic rings. The number of aliphatic hydroxyl groups excluding tert-OH is 2. The van der Waals surface area contributed by atoms with Gasteiger partial charge in [0, 0.05) is 12.8 Å². The third-order valence-electron chi connectivity index (χ3n) is 9.17. The van der Waals surface area contributed by atoms with Gasteiger partial charge in [0.15, 0.2) is 11.6 Å². The van der Waals surface area contributed by atoms with Crippen LogP contribution in [0.15, 0.2) is 48.6 Å². The van der Waals surface area contributed by atoms with Crippen LogP contribution < -0.4 is 5.73 Å². The first-order chi connectivity index (χ1) is 26.0. The highest BCUT2D eigenvalue weighted by atomic mass is 31.2. The summed E-state index contributed by atoms with van der Waals surface area (Å²) in [5.41, 5.74) is 2.52. The molecule has 0 radical (unpaired) electrons. The molecule has 1 unspecified atom stereocenters. The zero-order valence-electron chi connectivity index (χ0n) is 33.4. The van der Waals surface area contributed by atoms with Crippen LogP contribution in [0.2, 0.25) is 0 Å². The second-order valence-corrected chi connectivity index (χ2v) is 15.4. The van der Waals surface area contributed by atoms with E-state index in [0.29, 0.717) is 25.7 Å². The molecule has 0 spiro atoms. The number of rotatable bonds is 38. The minimum Gasteiger partial charge on any atom is -0.480 e. The monoisotopic (exact) mass is 784 g/mol. The summed E-state index contributed by atoms with van der Waals surface area (Å²) in [6.45, 7) is 2.34. The van der Waals surface area contributed by atoms with Gasteiger partial charge in [-0.1, -0.05) is 127 Å². The number of ketones is 2.